The third-order valence-corrected chi connectivity index (χ3v) is 3.31. The van der Waals surface area contributed by atoms with Crippen LogP contribution < -0.4 is 5.32 Å². The topological polar surface area (TPSA) is 98.5 Å². The largest absolute Gasteiger partial charge is 0.452 e. The van der Waals surface area contributed by atoms with Crippen LogP contribution in [-0.4, -0.2) is 22.9 Å². The fourth-order valence-electron chi connectivity index (χ4n) is 1.60. The summed E-state index contributed by atoms with van der Waals surface area (Å²) >= 11 is 5.86. The summed E-state index contributed by atoms with van der Waals surface area (Å²) in [4.78, 5) is 33.3. The van der Waals surface area contributed by atoms with E-state index in [1.165, 1.54) is 19.1 Å². The Kier molecular flexibility index (Phi) is 4.42. The Labute approximate surface area is 125 Å². The molecule has 1 aromatic rings. The Morgan fingerprint density at radius 2 is 2.14 bits per heavy atom. The Morgan fingerprint density at radius 1 is 1.48 bits per heavy atom. The third kappa shape index (κ3) is 3.91. The molecule has 0 heterocycles. The molecule has 7 nitrogen and oxygen atoms in total. The summed E-state index contributed by atoms with van der Waals surface area (Å²) in [6.45, 7) is 1.45. The number of hydrogen-bond acceptors (Lipinski definition) is 5. The van der Waals surface area contributed by atoms with Crippen molar-refractivity contribution in [3.05, 3.63) is 33.3 Å². The van der Waals surface area contributed by atoms with Gasteiger partial charge in [0.25, 0.3) is 11.6 Å². The summed E-state index contributed by atoms with van der Waals surface area (Å²) in [7, 11) is 0. The van der Waals surface area contributed by atoms with Gasteiger partial charge in [-0.15, -0.1) is 0 Å². The first-order chi connectivity index (χ1) is 9.88. The summed E-state index contributed by atoms with van der Waals surface area (Å²) in [6.07, 6.45) is 0.632. The number of carbonyl (C=O) groups is 2. The molecule has 0 aromatic heterocycles. The van der Waals surface area contributed by atoms with Gasteiger partial charge in [0.1, 0.15) is 0 Å². The molecule has 0 radical (unpaired) electrons. The molecule has 1 amide bonds. The fraction of sp³-hybridized carbons (Fsp3) is 0.385. The molecule has 1 N–H and O–H groups in total. The van der Waals surface area contributed by atoms with E-state index in [1.54, 1.807) is 0 Å². The summed E-state index contributed by atoms with van der Waals surface area (Å²) < 4.78 is 5.01. The summed E-state index contributed by atoms with van der Waals surface area (Å²) in [5, 5.41) is 13.1. The maximum Gasteiger partial charge on any atom is 0.309 e. The highest BCUT2D eigenvalue weighted by Crippen LogP contribution is 2.31. The SMILES string of the molecule is C[C@@H](OC(=O)C1CC1)C(=O)Nc1ccc([N+](=O)[O-])cc1Cl. The van der Waals surface area contributed by atoms with Crippen molar-refractivity contribution in [1.82, 2.24) is 0 Å². The van der Waals surface area contributed by atoms with Crippen LogP contribution in [0.25, 0.3) is 0 Å². The van der Waals surface area contributed by atoms with Crippen molar-refractivity contribution in [2.75, 3.05) is 5.32 Å². The van der Waals surface area contributed by atoms with E-state index in [0.29, 0.717) is 0 Å². The van der Waals surface area contributed by atoms with Crippen LogP contribution in [0.2, 0.25) is 5.02 Å². The second-order valence-corrected chi connectivity index (χ2v) is 5.17. The normalized spacial score (nSPS) is 15.1. The Bertz CT molecular complexity index is 600. The highest BCUT2D eigenvalue weighted by molar-refractivity contribution is 6.34. The van der Waals surface area contributed by atoms with Crippen LogP contribution in [0.5, 0.6) is 0 Å². The van der Waals surface area contributed by atoms with Gasteiger partial charge in [0.05, 0.1) is 21.6 Å². The van der Waals surface area contributed by atoms with Gasteiger partial charge in [-0.1, -0.05) is 11.6 Å². The molecule has 1 aliphatic rings. The minimum Gasteiger partial charge on any atom is -0.452 e. The van der Waals surface area contributed by atoms with Crippen molar-refractivity contribution >= 4 is 34.9 Å². The van der Waals surface area contributed by atoms with Gasteiger partial charge in [-0.3, -0.25) is 19.7 Å². The monoisotopic (exact) mass is 312 g/mol. The van der Waals surface area contributed by atoms with Crippen LogP contribution in [-0.2, 0) is 14.3 Å². The molecule has 1 aromatic carbocycles. The number of non-ortho nitro benzene ring substituents is 1. The summed E-state index contributed by atoms with van der Waals surface area (Å²) in [6, 6.07) is 3.69. The van der Waals surface area contributed by atoms with Gasteiger partial charge < -0.3 is 10.1 Å². The number of esters is 1. The molecule has 1 saturated carbocycles. The molecular weight excluding hydrogens is 300 g/mol. The van der Waals surface area contributed by atoms with Crippen molar-refractivity contribution in [3.63, 3.8) is 0 Å². The lowest BCUT2D eigenvalue weighted by Crippen LogP contribution is -2.30. The number of carbonyl (C=O) groups excluding carboxylic acids is 2. The van der Waals surface area contributed by atoms with Crippen LogP contribution in [0.4, 0.5) is 11.4 Å². The van der Waals surface area contributed by atoms with Crippen molar-refractivity contribution in [2.24, 2.45) is 5.92 Å². The molecule has 1 atom stereocenters. The number of rotatable bonds is 5. The molecule has 0 bridgehead atoms. The minimum absolute atomic E-state index is 0.0401. The van der Waals surface area contributed by atoms with Gasteiger partial charge in [-0.2, -0.15) is 0 Å². The molecule has 8 heteroatoms. The summed E-state index contributed by atoms with van der Waals surface area (Å²) in [5.41, 5.74) is 0.0489. The van der Waals surface area contributed by atoms with E-state index in [4.69, 9.17) is 16.3 Å². The standard InChI is InChI=1S/C13H13ClN2O5/c1-7(21-13(18)8-2-3-8)12(17)15-11-5-4-9(16(19)20)6-10(11)14/h4-8H,2-3H2,1H3,(H,15,17)/t7-/m1/s1. The van der Waals surface area contributed by atoms with Crippen molar-refractivity contribution in [3.8, 4) is 0 Å². The zero-order valence-electron chi connectivity index (χ0n) is 11.2. The smallest absolute Gasteiger partial charge is 0.309 e. The first kappa shape index (κ1) is 15.2. The molecule has 2 rings (SSSR count). The van der Waals surface area contributed by atoms with Crippen LogP contribution >= 0.6 is 11.6 Å². The second-order valence-electron chi connectivity index (χ2n) is 4.76. The van der Waals surface area contributed by atoms with E-state index in [-0.39, 0.29) is 28.3 Å². The number of nitrogens with zero attached hydrogens (tertiary/aromatic N) is 1. The highest BCUT2D eigenvalue weighted by Gasteiger charge is 2.33. The van der Waals surface area contributed by atoms with E-state index < -0.39 is 16.9 Å². The van der Waals surface area contributed by atoms with Crippen LogP contribution in [0.1, 0.15) is 19.8 Å². The number of benzene rings is 1. The molecular formula is C13H13ClN2O5. The van der Waals surface area contributed by atoms with E-state index in [1.807, 2.05) is 0 Å². The predicted octanol–water partition coefficient (Wildman–Crippen LogP) is 2.53. The van der Waals surface area contributed by atoms with Gasteiger partial charge in [-0.05, 0) is 25.8 Å². The fourth-order valence-corrected chi connectivity index (χ4v) is 1.82. The number of hydrogen-bond donors (Lipinski definition) is 1. The molecule has 21 heavy (non-hydrogen) atoms. The van der Waals surface area contributed by atoms with Gasteiger partial charge >= 0.3 is 5.97 Å². The molecule has 0 saturated heterocycles. The quantitative estimate of drug-likeness (QED) is 0.511. The van der Waals surface area contributed by atoms with E-state index in [0.717, 1.165) is 18.9 Å². The molecule has 0 spiro atoms. The maximum absolute atomic E-state index is 11.9. The minimum atomic E-state index is -0.954. The molecule has 0 aliphatic heterocycles. The number of halogens is 1. The molecule has 1 fully saturated rings. The molecule has 112 valence electrons. The Hall–Kier alpha value is -2.15. The lowest BCUT2D eigenvalue weighted by atomic mass is 10.2. The number of nitro benzene ring substituents is 1. The maximum atomic E-state index is 11.9. The predicted molar refractivity (Wildman–Crippen MR) is 75.0 cm³/mol. The summed E-state index contributed by atoms with van der Waals surface area (Å²) in [5.74, 6) is -1.02. The average molecular weight is 313 g/mol. The number of amides is 1. The van der Waals surface area contributed by atoms with Crippen molar-refractivity contribution in [2.45, 2.75) is 25.9 Å². The zero-order valence-corrected chi connectivity index (χ0v) is 11.9. The first-order valence-electron chi connectivity index (χ1n) is 6.34. The lowest BCUT2D eigenvalue weighted by molar-refractivity contribution is -0.384. The highest BCUT2D eigenvalue weighted by atomic mass is 35.5. The molecule has 1 aliphatic carbocycles. The first-order valence-corrected chi connectivity index (χ1v) is 6.71. The lowest BCUT2D eigenvalue weighted by Gasteiger charge is -2.14. The van der Waals surface area contributed by atoms with E-state index in [9.17, 15) is 19.7 Å². The second kappa shape index (κ2) is 6.09. The number of ether oxygens (including phenoxy) is 1. The number of nitrogens with one attached hydrogen (secondary N) is 1. The van der Waals surface area contributed by atoms with Crippen molar-refractivity contribution in [1.29, 1.82) is 0 Å². The molecule has 0 unspecified atom stereocenters. The van der Waals surface area contributed by atoms with E-state index >= 15 is 0 Å². The Morgan fingerprint density at radius 3 is 2.67 bits per heavy atom. The van der Waals surface area contributed by atoms with Crippen LogP contribution in [0.15, 0.2) is 18.2 Å². The van der Waals surface area contributed by atoms with Crippen LogP contribution in [0, 0.1) is 16.0 Å². The number of anilines is 1. The van der Waals surface area contributed by atoms with Gasteiger partial charge in [0.2, 0.25) is 0 Å². The van der Waals surface area contributed by atoms with Gasteiger partial charge in [0.15, 0.2) is 6.10 Å². The van der Waals surface area contributed by atoms with Gasteiger partial charge in [-0.25, -0.2) is 0 Å². The average Bonchev–Trinajstić information content (AvgIpc) is 3.24. The van der Waals surface area contributed by atoms with Crippen molar-refractivity contribution < 1.29 is 19.2 Å². The van der Waals surface area contributed by atoms with E-state index in [2.05, 4.69) is 5.32 Å². The van der Waals surface area contributed by atoms with Crippen LogP contribution in [0.3, 0.4) is 0 Å². The zero-order chi connectivity index (χ0) is 15.6. The Balaban J connectivity index is 1.98. The number of nitro groups is 1. The van der Waals surface area contributed by atoms with Gasteiger partial charge in [0, 0.05) is 12.1 Å². The third-order valence-electron chi connectivity index (χ3n) is 2.99.